The highest BCUT2D eigenvalue weighted by Crippen LogP contribution is 2.29. The topological polar surface area (TPSA) is 166 Å². The number of nitrogens with zero attached hydrogens (tertiary/aromatic N) is 1. The summed E-state index contributed by atoms with van der Waals surface area (Å²) in [6.45, 7) is 7.64. The van der Waals surface area contributed by atoms with E-state index in [9.17, 15) is 19.2 Å². The van der Waals surface area contributed by atoms with E-state index in [0.29, 0.717) is 30.8 Å². The van der Waals surface area contributed by atoms with Crippen molar-refractivity contribution >= 4 is 29.3 Å². The van der Waals surface area contributed by atoms with Crippen molar-refractivity contribution < 1.29 is 19.1 Å². The van der Waals surface area contributed by atoms with Crippen LogP contribution in [0.5, 0.6) is 0 Å². The number of nitrogens with one attached hydrogen (secondary N) is 5. The van der Waals surface area contributed by atoms with E-state index in [1.54, 1.807) is 37.4 Å². The molecule has 1 saturated carbocycles. The van der Waals surface area contributed by atoms with Crippen LogP contribution in [0.25, 0.3) is 11.1 Å². The van der Waals surface area contributed by atoms with Crippen molar-refractivity contribution in [3.63, 3.8) is 0 Å². The number of amides is 3. The highest BCUT2D eigenvalue weighted by atomic mass is 16.6. The molecule has 0 unspecified atom stereocenters. The lowest BCUT2D eigenvalue weighted by Gasteiger charge is -2.29. The maximum atomic E-state index is 13.6. The summed E-state index contributed by atoms with van der Waals surface area (Å²) in [5, 5.41) is 16.6. The Morgan fingerprint density at radius 2 is 1.76 bits per heavy atom. The summed E-state index contributed by atoms with van der Waals surface area (Å²) >= 11 is 0. The van der Waals surface area contributed by atoms with Crippen molar-refractivity contribution in [3.05, 3.63) is 82.5 Å². The summed E-state index contributed by atoms with van der Waals surface area (Å²) in [6, 6.07) is 13.7. The van der Waals surface area contributed by atoms with Crippen molar-refractivity contribution in [1.29, 1.82) is 5.41 Å². The van der Waals surface area contributed by atoms with Gasteiger partial charge in [0, 0.05) is 48.2 Å². The minimum atomic E-state index is -0.850. The van der Waals surface area contributed by atoms with Gasteiger partial charge in [0.15, 0.2) is 0 Å². The fraction of sp³-hybridized carbons (Fsp3) is 0.412. The van der Waals surface area contributed by atoms with Crippen molar-refractivity contribution in [2.75, 3.05) is 11.9 Å². The molecule has 1 atom stereocenters. The summed E-state index contributed by atoms with van der Waals surface area (Å²) < 4.78 is 5.32. The number of carbonyl (C=O) groups is 3. The lowest BCUT2D eigenvalue weighted by Crippen LogP contribution is -2.48. The zero-order chi connectivity index (χ0) is 32.6. The number of hydrogen-bond donors (Lipinski definition) is 5. The molecule has 5 N–H and O–H groups in total. The number of aromatic nitrogens is 2. The van der Waals surface area contributed by atoms with Gasteiger partial charge in [-0.2, -0.15) is 0 Å². The first-order chi connectivity index (χ1) is 21.4. The molecule has 1 aliphatic carbocycles. The summed E-state index contributed by atoms with van der Waals surface area (Å²) in [7, 11) is 0. The Labute approximate surface area is 263 Å². The predicted octanol–water partition coefficient (Wildman–Crippen LogP) is 4.82. The Morgan fingerprint density at radius 1 is 1.04 bits per heavy atom. The molecule has 0 bridgehead atoms. The van der Waals surface area contributed by atoms with Gasteiger partial charge >= 0.3 is 11.8 Å². The van der Waals surface area contributed by atoms with Crippen LogP contribution in [-0.4, -0.2) is 51.8 Å². The monoisotopic (exact) mass is 614 g/mol. The molecule has 3 aromatic rings. The molecule has 11 nitrogen and oxygen atoms in total. The number of alkyl carbamates (subject to hydrolysis) is 1. The van der Waals surface area contributed by atoms with Gasteiger partial charge < -0.3 is 31.1 Å². The minimum Gasteiger partial charge on any atom is -0.444 e. The van der Waals surface area contributed by atoms with Crippen molar-refractivity contribution in [2.24, 2.45) is 11.8 Å². The van der Waals surface area contributed by atoms with Crippen LogP contribution < -0.4 is 21.6 Å². The van der Waals surface area contributed by atoms with Crippen LogP contribution in [0.2, 0.25) is 0 Å². The second kappa shape index (κ2) is 14.8. The van der Waals surface area contributed by atoms with Crippen LogP contribution in [-0.2, 0) is 20.7 Å². The molecule has 1 fully saturated rings. The number of benzene rings is 2. The number of anilines is 1. The molecule has 0 spiro atoms. The van der Waals surface area contributed by atoms with Crippen LogP contribution in [0, 0.1) is 17.2 Å². The number of H-pyrrole nitrogens is 1. The summed E-state index contributed by atoms with van der Waals surface area (Å²) in [4.78, 5) is 56.9. The third kappa shape index (κ3) is 10.1. The van der Waals surface area contributed by atoms with Gasteiger partial charge in [0.05, 0.1) is 0 Å². The molecule has 45 heavy (non-hydrogen) atoms. The second-order valence-electron chi connectivity index (χ2n) is 12.6. The van der Waals surface area contributed by atoms with Gasteiger partial charge in [-0.1, -0.05) is 36.4 Å². The fourth-order valence-electron chi connectivity index (χ4n) is 5.32. The van der Waals surface area contributed by atoms with Crippen LogP contribution >= 0.6 is 0 Å². The van der Waals surface area contributed by atoms with E-state index in [1.165, 1.54) is 6.20 Å². The molecule has 0 radical (unpaired) electrons. The number of carbonyl (C=O) groups excluding carboxylic acids is 3. The van der Waals surface area contributed by atoms with Gasteiger partial charge in [0.1, 0.15) is 11.6 Å². The second-order valence-corrected chi connectivity index (χ2v) is 12.6. The summed E-state index contributed by atoms with van der Waals surface area (Å²) in [6.07, 6.45) is 5.73. The summed E-state index contributed by atoms with van der Waals surface area (Å²) in [5.74, 6) is -0.525. The molecule has 11 heteroatoms. The molecule has 2 aromatic carbocycles. The smallest absolute Gasteiger partial charge is 0.407 e. The Hall–Kier alpha value is -4.80. The molecule has 0 aliphatic heterocycles. The zero-order valence-corrected chi connectivity index (χ0v) is 26.2. The molecule has 1 aromatic heterocycles. The third-order valence-electron chi connectivity index (χ3n) is 7.74. The molecular weight excluding hydrogens is 572 g/mol. The van der Waals surface area contributed by atoms with E-state index in [1.807, 2.05) is 45.0 Å². The summed E-state index contributed by atoms with van der Waals surface area (Å²) in [5.41, 5.74) is 3.10. The van der Waals surface area contributed by atoms with E-state index < -0.39 is 23.4 Å². The Morgan fingerprint density at radius 3 is 2.38 bits per heavy atom. The van der Waals surface area contributed by atoms with Crippen LogP contribution in [0.3, 0.4) is 0 Å². The molecule has 4 rings (SSSR count). The van der Waals surface area contributed by atoms with Crippen molar-refractivity contribution in [1.82, 2.24) is 20.6 Å². The normalized spacial score (nSPS) is 17.1. The van der Waals surface area contributed by atoms with Gasteiger partial charge in [-0.05, 0) is 88.1 Å². The first kappa shape index (κ1) is 33.1. The average molecular weight is 615 g/mol. The molecule has 1 heterocycles. The van der Waals surface area contributed by atoms with Gasteiger partial charge in [0.25, 0.3) is 0 Å². The Balaban J connectivity index is 1.43. The van der Waals surface area contributed by atoms with Gasteiger partial charge in [-0.3, -0.25) is 9.59 Å². The van der Waals surface area contributed by atoms with Crippen molar-refractivity contribution in [2.45, 2.75) is 71.4 Å². The highest BCUT2D eigenvalue weighted by Gasteiger charge is 2.30. The van der Waals surface area contributed by atoms with E-state index in [0.717, 1.165) is 35.1 Å². The maximum Gasteiger partial charge on any atom is 0.407 e. The van der Waals surface area contributed by atoms with E-state index >= 15 is 0 Å². The van der Waals surface area contributed by atoms with Gasteiger partial charge in [0.2, 0.25) is 11.8 Å². The Kier molecular flexibility index (Phi) is 10.9. The maximum absolute atomic E-state index is 13.6. The Bertz CT molecular complexity index is 1550. The number of aromatic amines is 1. The molecule has 238 valence electrons. The first-order valence-electron chi connectivity index (χ1n) is 15.2. The van der Waals surface area contributed by atoms with E-state index in [-0.39, 0.29) is 30.1 Å². The standard InChI is InChI=1S/C34H42N6O5/c1-21(35)24-12-14-28(15-13-24)39-31(42)29(17-23-6-5-7-26(16-23)27-19-36-32(43)37-20-27)40-30(41)25-10-8-22(9-11-25)18-38-33(44)45-34(2,3)4/h5-7,12-16,19-20,22,25,29,35H,8-11,17-18H2,1-4H3,(H,38,44)(H,39,42)(H,40,41)(H,36,37,43)/t22?,25?,29-/m0/s1. The van der Waals surface area contributed by atoms with E-state index in [4.69, 9.17) is 10.1 Å². The quantitative estimate of drug-likeness (QED) is 0.205. The molecule has 1 aliphatic rings. The number of ether oxygens (including phenoxy) is 1. The lowest BCUT2D eigenvalue weighted by molar-refractivity contribution is -0.130. The van der Waals surface area contributed by atoms with Crippen LogP contribution in [0.1, 0.15) is 64.5 Å². The minimum absolute atomic E-state index is 0.176. The highest BCUT2D eigenvalue weighted by molar-refractivity contribution is 5.99. The van der Waals surface area contributed by atoms with Gasteiger partial charge in [-0.15, -0.1) is 0 Å². The number of hydrogen-bond acceptors (Lipinski definition) is 7. The SMILES string of the molecule is CC(=N)c1ccc(NC(=O)[C@H](Cc2cccc(-c3cnc(=O)[nH]c3)c2)NC(=O)C2CCC(CNC(=O)OC(C)(C)C)CC2)cc1. The zero-order valence-electron chi connectivity index (χ0n) is 26.2. The van der Waals surface area contributed by atoms with Crippen molar-refractivity contribution in [3.8, 4) is 11.1 Å². The molecule has 0 saturated heterocycles. The van der Waals surface area contributed by atoms with Crippen LogP contribution in [0.15, 0.2) is 65.7 Å². The largest absolute Gasteiger partial charge is 0.444 e. The molecule has 3 amide bonds. The van der Waals surface area contributed by atoms with Crippen LogP contribution in [0.4, 0.5) is 10.5 Å². The first-order valence-corrected chi connectivity index (χ1v) is 15.2. The van der Waals surface area contributed by atoms with E-state index in [2.05, 4.69) is 25.9 Å². The average Bonchev–Trinajstić information content (AvgIpc) is 3.00. The number of rotatable bonds is 10. The third-order valence-corrected chi connectivity index (χ3v) is 7.74. The lowest BCUT2D eigenvalue weighted by atomic mass is 9.81. The molecular formula is C34H42N6O5. The van der Waals surface area contributed by atoms with Gasteiger partial charge in [-0.25, -0.2) is 14.6 Å². The fourth-order valence-corrected chi connectivity index (χ4v) is 5.32. The predicted molar refractivity (Wildman–Crippen MR) is 173 cm³/mol.